The van der Waals surface area contributed by atoms with Crippen molar-refractivity contribution in [3.8, 4) is 0 Å². The molecule has 0 saturated carbocycles. The predicted molar refractivity (Wildman–Crippen MR) is 125 cm³/mol. The number of nitrogens with two attached hydrogens (primary N) is 1. The van der Waals surface area contributed by atoms with Gasteiger partial charge in [0.2, 0.25) is 11.8 Å². The van der Waals surface area contributed by atoms with E-state index in [9.17, 15) is 9.59 Å². The van der Waals surface area contributed by atoms with E-state index in [0.717, 1.165) is 29.3 Å². The first kappa shape index (κ1) is 22.4. The molecule has 0 aliphatic heterocycles. The molecule has 2 amide bonds. The second-order valence-corrected chi connectivity index (χ2v) is 7.74. The Labute approximate surface area is 183 Å². The van der Waals surface area contributed by atoms with Gasteiger partial charge in [-0.25, -0.2) is 0 Å². The van der Waals surface area contributed by atoms with Crippen LogP contribution < -0.4 is 16.4 Å². The molecule has 0 spiro atoms. The Morgan fingerprint density at radius 1 is 1.00 bits per heavy atom. The third kappa shape index (κ3) is 6.62. The van der Waals surface area contributed by atoms with Gasteiger partial charge in [0.15, 0.2) is 0 Å². The van der Waals surface area contributed by atoms with E-state index in [2.05, 4.69) is 22.5 Å². The zero-order chi connectivity index (χ0) is 22.1. The molecule has 0 bridgehead atoms. The van der Waals surface area contributed by atoms with Gasteiger partial charge in [-0.15, -0.1) is 0 Å². The number of fused-ring (bicyclic) bond motifs is 1. The maximum Gasteiger partial charge on any atom is 0.247 e. The van der Waals surface area contributed by atoms with Crippen LogP contribution in [0.2, 0.25) is 0 Å². The van der Waals surface area contributed by atoms with E-state index in [0.29, 0.717) is 24.9 Å². The summed E-state index contributed by atoms with van der Waals surface area (Å²) < 4.78 is 0. The number of hydrogen-bond acceptors (Lipinski definition) is 4. The van der Waals surface area contributed by atoms with Gasteiger partial charge in [-0.2, -0.15) is 0 Å². The van der Waals surface area contributed by atoms with E-state index in [4.69, 9.17) is 5.73 Å². The van der Waals surface area contributed by atoms with E-state index in [1.54, 1.807) is 6.20 Å². The Balaban J connectivity index is 1.71. The lowest BCUT2D eigenvalue weighted by Crippen LogP contribution is -2.50. The van der Waals surface area contributed by atoms with E-state index >= 15 is 0 Å². The molecule has 1 aromatic heterocycles. The van der Waals surface area contributed by atoms with Crippen molar-refractivity contribution in [1.29, 1.82) is 0 Å². The van der Waals surface area contributed by atoms with Gasteiger partial charge in [0.25, 0.3) is 0 Å². The zero-order valence-electron chi connectivity index (χ0n) is 17.9. The molecular weight excluding hydrogens is 388 g/mol. The number of benzene rings is 2. The lowest BCUT2D eigenvalue weighted by Gasteiger charge is -2.21. The van der Waals surface area contributed by atoms with Crippen molar-refractivity contribution in [2.75, 3.05) is 5.32 Å². The van der Waals surface area contributed by atoms with Crippen LogP contribution in [-0.2, 0) is 16.0 Å². The molecule has 2 aromatic carbocycles. The Morgan fingerprint density at radius 2 is 1.74 bits per heavy atom. The first-order chi connectivity index (χ1) is 15.1. The van der Waals surface area contributed by atoms with Crippen molar-refractivity contribution in [1.82, 2.24) is 10.3 Å². The minimum atomic E-state index is -0.688. The van der Waals surface area contributed by atoms with Gasteiger partial charge >= 0.3 is 0 Å². The van der Waals surface area contributed by atoms with Crippen molar-refractivity contribution in [2.45, 2.75) is 51.1 Å². The number of aromatic nitrogens is 1. The van der Waals surface area contributed by atoms with Crippen molar-refractivity contribution in [2.24, 2.45) is 5.73 Å². The first-order valence-corrected chi connectivity index (χ1v) is 10.8. The largest absolute Gasteiger partial charge is 0.343 e. The summed E-state index contributed by atoms with van der Waals surface area (Å²) in [6, 6.07) is 18.2. The van der Waals surface area contributed by atoms with Crippen LogP contribution in [0.1, 0.15) is 38.2 Å². The number of unbranched alkanes of at least 4 members (excludes halogenated alkanes) is 1. The molecule has 1 heterocycles. The minimum Gasteiger partial charge on any atom is -0.343 e. The molecule has 6 heteroatoms. The van der Waals surface area contributed by atoms with Crippen LogP contribution in [0.3, 0.4) is 0 Å². The van der Waals surface area contributed by atoms with Crippen LogP contribution in [0.4, 0.5) is 5.69 Å². The maximum atomic E-state index is 13.0. The average Bonchev–Trinajstić information content (AvgIpc) is 2.80. The molecule has 0 aliphatic carbocycles. The molecule has 0 radical (unpaired) electrons. The first-order valence-electron chi connectivity index (χ1n) is 10.8. The van der Waals surface area contributed by atoms with Gasteiger partial charge in [0.05, 0.1) is 23.4 Å². The summed E-state index contributed by atoms with van der Waals surface area (Å²) in [7, 11) is 0. The molecule has 1 unspecified atom stereocenters. The highest BCUT2D eigenvalue weighted by Crippen LogP contribution is 2.17. The Kier molecular flexibility index (Phi) is 8.12. The predicted octanol–water partition coefficient (Wildman–Crippen LogP) is 3.81. The van der Waals surface area contributed by atoms with Crippen LogP contribution >= 0.6 is 0 Å². The summed E-state index contributed by atoms with van der Waals surface area (Å²) in [5, 5.41) is 6.69. The average molecular weight is 419 g/mol. The highest BCUT2D eigenvalue weighted by Gasteiger charge is 2.24. The molecular formula is C25H30N4O2. The molecule has 2 atom stereocenters. The molecule has 31 heavy (non-hydrogen) atoms. The van der Waals surface area contributed by atoms with Crippen molar-refractivity contribution >= 4 is 28.4 Å². The van der Waals surface area contributed by atoms with Gasteiger partial charge in [-0.05, 0) is 37.0 Å². The van der Waals surface area contributed by atoms with Gasteiger partial charge in [-0.1, -0.05) is 68.3 Å². The number of amides is 2. The summed E-state index contributed by atoms with van der Waals surface area (Å²) >= 11 is 0. The number of rotatable bonds is 10. The van der Waals surface area contributed by atoms with Gasteiger partial charge in [-0.3, -0.25) is 14.6 Å². The number of carbonyl (C=O) groups excluding carboxylic acids is 2. The van der Waals surface area contributed by atoms with E-state index in [-0.39, 0.29) is 11.8 Å². The molecule has 0 saturated heterocycles. The van der Waals surface area contributed by atoms with Gasteiger partial charge < -0.3 is 16.4 Å². The fourth-order valence-electron chi connectivity index (χ4n) is 3.43. The van der Waals surface area contributed by atoms with Crippen LogP contribution in [0.15, 0.2) is 66.9 Å². The summed E-state index contributed by atoms with van der Waals surface area (Å²) in [5.74, 6) is -0.567. The highest BCUT2D eigenvalue weighted by molar-refractivity contribution is 5.98. The van der Waals surface area contributed by atoms with Crippen molar-refractivity contribution in [3.05, 3.63) is 72.4 Å². The van der Waals surface area contributed by atoms with Gasteiger partial charge in [0.1, 0.15) is 6.04 Å². The van der Waals surface area contributed by atoms with Crippen molar-refractivity contribution in [3.63, 3.8) is 0 Å². The second-order valence-electron chi connectivity index (χ2n) is 7.74. The number of nitrogens with zero attached hydrogens (tertiary/aromatic N) is 1. The van der Waals surface area contributed by atoms with Crippen LogP contribution in [0.5, 0.6) is 0 Å². The molecule has 162 valence electrons. The topological polar surface area (TPSA) is 97.1 Å². The quantitative estimate of drug-likeness (QED) is 0.466. The number of pyridine rings is 1. The van der Waals surface area contributed by atoms with Gasteiger partial charge in [0, 0.05) is 5.39 Å². The van der Waals surface area contributed by atoms with Crippen LogP contribution in [-0.4, -0.2) is 28.9 Å². The monoisotopic (exact) mass is 418 g/mol. The number of aryl methyl sites for hydroxylation is 1. The maximum absolute atomic E-state index is 13.0. The number of anilines is 1. The molecule has 4 N–H and O–H groups in total. The summed E-state index contributed by atoms with van der Waals surface area (Å²) in [4.78, 5) is 30.0. The number of carbonyl (C=O) groups is 2. The lowest BCUT2D eigenvalue weighted by atomic mass is 10.0. The Hall–Kier alpha value is -3.25. The molecule has 0 aliphatic rings. The fourth-order valence-corrected chi connectivity index (χ4v) is 3.43. The number of para-hydroxylation sites is 1. The van der Waals surface area contributed by atoms with E-state index < -0.39 is 12.1 Å². The zero-order valence-corrected chi connectivity index (χ0v) is 17.9. The second kappa shape index (κ2) is 11.2. The fraction of sp³-hybridized carbons (Fsp3) is 0.320. The van der Waals surface area contributed by atoms with Crippen molar-refractivity contribution < 1.29 is 9.59 Å². The van der Waals surface area contributed by atoms with E-state index in [1.807, 2.05) is 60.7 Å². The lowest BCUT2D eigenvalue weighted by molar-refractivity contribution is -0.127. The number of hydrogen-bond donors (Lipinski definition) is 3. The van der Waals surface area contributed by atoms with E-state index in [1.165, 1.54) is 0 Å². The Morgan fingerprint density at radius 3 is 2.52 bits per heavy atom. The van der Waals surface area contributed by atoms with Crippen LogP contribution in [0, 0.1) is 0 Å². The number of nitrogens with one attached hydrogen (secondary N) is 2. The highest BCUT2D eigenvalue weighted by atomic mass is 16.2. The van der Waals surface area contributed by atoms with Crippen LogP contribution in [0.25, 0.3) is 10.9 Å². The summed E-state index contributed by atoms with van der Waals surface area (Å²) in [5.41, 5.74) is 8.58. The Bertz CT molecular complexity index is 1010. The molecule has 3 rings (SSSR count). The third-order valence-corrected chi connectivity index (χ3v) is 5.26. The SMILES string of the molecule is CCCCC(N)C(=O)N[C@H](CCc1ccccc1)C(=O)Nc1cnc2ccccc2c1. The minimum absolute atomic E-state index is 0.274. The molecule has 6 nitrogen and oxygen atoms in total. The summed E-state index contributed by atoms with van der Waals surface area (Å²) in [6.07, 6.45) is 5.21. The normalized spacial score (nSPS) is 12.8. The third-order valence-electron chi connectivity index (χ3n) is 5.26. The molecule has 3 aromatic rings. The standard InChI is InChI=1S/C25H30N4O2/c1-2-3-12-21(26)24(30)29-23(15-14-18-9-5-4-6-10-18)25(31)28-20-16-19-11-7-8-13-22(19)27-17-20/h4-11,13,16-17,21,23H,2-3,12,14-15,26H2,1H3,(H,28,31)(H,29,30)/t21?,23-/m1/s1. The smallest absolute Gasteiger partial charge is 0.247 e. The molecule has 0 fully saturated rings. The summed E-state index contributed by atoms with van der Waals surface area (Å²) in [6.45, 7) is 2.05.